The molecule has 0 unspecified atom stereocenters. The molecule has 0 atom stereocenters. The number of rotatable bonds is 4. The van der Waals surface area contributed by atoms with Crippen molar-refractivity contribution >= 4 is 33.1 Å². The minimum Gasteiger partial charge on any atom is -0.307 e. The van der Waals surface area contributed by atoms with Crippen LogP contribution in [0, 0.1) is 0 Å². The first-order chi connectivity index (χ1) is 9.46. The zero-order valence-electron chi connectivity index (χ0n) is 10.6. The summed E-state index contributed by atoms with van der Waals surface area (Å²) in [6.45, 7) is 0. The lowest BCUT2D eigenvalue weighted by Gasteiger charge is -2.19. The highest BCUT2D eigenvalue weighted by atomic mass is 35.5. The van der Waals surface area contributed by atoms with Crippen LogP contribution in [-0.4, -0.2) is 20.4 Å². The van der Waals surface area contributed by atoms with E-state index in [1.54, 1.807) is 24.3 Å². The maximum absolute atomic E-state index is 12.5. The quantitative estimate of drug-likeness (QED) is 0.664. The zero-order chi connectivity index (χ0) is 14.8. The summed E-state index contributed by atoms with van der Waals surface area (Å²) in [5.74, 6) is 5.42. The Labute approximate surface area is 122 Å². The molecular formula is C12H13ClN4O2S. The third-order valence-electron chi connectivity index (χ3n) is 2.73. The minimum atomic E-state index is -3.72. The van der Waals surface area contributed by atoms with E-state index in [0.717, 1.165) is 4.31 Å². The van der Waals surface area contributed by atoms with Gasteiger partial charge < -0.3 is 5.43 Å². The monoisotopic (exact) mass is 312 g/mol. The minimum absolute atomic E-state index is 0.00662. The Bertz CT molecular complexity index is 707. The molecule has 0 aliphatic heterocycles. The van der Waals surface area contributed by atoms with E-state index in [1.165, 1.54) is 19.3 Å². The fourth-order valence-corrected chi connectivity index (χ4v) is 3.06. The van der Waals surface area contributed by atoms with Crippen molar-refractivity contribution in [2.75, 3.05) is 16.8 Å². The highest BCUT2D eigenvalue weighted by Gasteiger charge is 2.22. The summed E-state index contributed by atoms with van der Waals surface area (Å²) < 4.78 is 26.1. The fourth-order valence-electron chi connectivity index (χ4n) is 1.60. The Morgan fingerprint density at radius 1 is 1.30 bits per heavy atom. The van der Waals surface area contributed by atoms with E-state index in [1.807, 2.05) is 6.07 Å². The number of para-hydroxylation sites is 1. The second-order valence-corrected chi connectivity index (χ2v) is 6.33. The van der Waals surface area contributed by atoms with Gasteiger partial charge in [0.1, 0.15) is 4.90 Å². The normalized spacial score (nSPS) is 11.2. The number of nitrogens with zero attached hydrogens (tertiary/aromatic N) is 2. The average Bonchev–Trinajstić information content (AvgIpc) is 2.47. The number of pyridine rings is 1. The van der Waals surface area contributed by atoms with E-state index in [-0.39, 0.29) is 15.7 Å². The molecule has 2 rings (SSSR count). The summed E-state index contributed by atoms with van der Waals surface area (Å²) in [5.41, 5.74) is 2.83. The first kappa shape index (κ1) is 14.6. The van der Waals surface area contributed by atoms with Crippen LogP contribution < -0.4 is 15.6 Å². The number of benzene rings is 1. The molecule has 20 heavy (non-hydrogen) atoms. The number of hydrogen-bond donors (Lipinski definition) is 2. The van der Waals surface area contributed by atoms with Crippen LogP contribution in [0.25, 0.3) is 0 Å². The molecule has 0 aliphatic carbocycles. The van der Waals surface area contributed by atoms with Crippen molar-refractivity contribution in [3.63, 3.8) is 0 Å². The number of nitrogens with one attached hydrogen (secondary N) is 1. The number of hydrogen-bond acceptors (Lipinski definition) is 5. The lowest BCUT2D eigenvalue weighted by Crippen LogP contribution is -2.26. The van der Waals surface area contributed by atoms with Gasteiger partial charge in [0.25, 0.3) is 10.0 Å². The molecule has 6 nitrogen and oxygen atoms in total. The van der Waals surface area contributed by atoms with E-state index in [0.29, 0.717) is 5.69 Å². The van der Waals surface area contributed by atoms with Crippen molar-refractivity contribution < 1.29 is 8.42 Å². The number of halogens is 1. The summed E-state index contributed by atoms with van der Waals surface area (Å²) in [6.07, 6.45) is 1.20. The number of hydrazine groups is 1. The van der Waals surface area contributed by atoms with Gasteiger partial charge in [-0.2, -0.15) is 0 Å². The molecule has 0 amide bonds. The summed E-state index contributed by atoms with van der Waals surface area (Å²) in [4.78, 5) is 3.86. The molecule has 1 heterocycles. The summed E-state index contributed by atoms with van der Waals surface area (Å²) in [5, 5.41) is 0.134. The van der Waals surface area contributed by atoms with Crippen LogP contribution in [0.3, 0.4) is 0 Å². The fraction of sp³-hybridized carbons (Fsp3) is 0.0833. The first-order valence-electron chi connectivity index (χ1n) is 5.63. The predicted molar refractivity (Wildman–Crippen MR) is 79.1 cm³/mol. The van der Waals surface area contributed by atoms with Gasteiger partial charge in [0.15, 0.2) is 5.82 Å². The Hall–Kier alpha value is -1.83. The SMILES string of the molecule is CN(c1ccccc1)S(=O)(=O)c1cnc(NN)c(Cl)c1. The van der Waals surface area contributed by atoms with Crippen LogP contribution in [0.15, 0.2) is 47.5 Å². The van der Waals surface area contributed by atoms with Crippen LogP contribution in [0.1, 0.15) is 0 Å². The Balaban J connectivity index is 2.43. The van der Waals surface area contributed by atoms with Crippen LogP contribution in [-0.2, 0) is 10.0 Å². The van der Waals surface area contributed by atoms with Gasteiger partial charge in [0, 0.05) is 13.2 Å². The second-order valence-electron chi connectivity index (χ2n) is 3.95. The van der Waals surface area contributed by atoms with Gasteiger partial charge in [-0.05, 0) is 18.2 Å². The molecule has 0 radical (unpaired) electrons. The van der Waals surface area contributed by atoms with Crippen molar-refractivity contribution in [1.29, 1.82) is 0 Å². The van der Waals surface area contributed by atoms with Crippen LogP contribution in [0.2, 0.25) is 5.02 Å². The van der Waals surface area contributed by atoms with Crippen LogP contribution in [0.5, 0.6) is 0 Å². The van der Waals surface area contributed by atoms with E-state index < -0.39 is 10.0 Å². The summed E-state index contributed by atoms with van der Waals surface area (Å²) >= 11 is 5.90. The topological polar surface area (TPSA) is 88.3 Å². The maximum atomic E-state index is 12.5. The van der Waals surface area contributed by atoms with Gasteiger partial charge in [0.2, 0.25) is 0 Å². The van der Waals surface area contributed by atoms with Crippen LogP contribution >= 0.6 is 11.6 Å². The molecule has 1 aromatic heterocycles. The van der Waals surface area contributed by atoms with E-state index in [9.17, 15) is 8.42 Å². The molecule has 0 bridgehead atoms. The van der Waals surface area contributed by atoms with Crippen molar-refractivity contribution in [1.82, 2.24) is 4.98 Å². The van der Waals surface area contributed by atoms with Gasteiger partial charge in [-0.3, -0.25) is 4.31 Å². The van der Waals surface area contributed by atoms with Crippen molar-refractivity contribution in [3.8, 4) is 0 Å². The molecule has 0 saturated carbocycles. The second kappa shape index (κ2) is 5.66. The summed E-state index contributed by atoms with van der Waals surface area (Å²) in [7, 11) is -2.26. The molecular weight excluding hydrogens is 300 g/mol. The van der Waals surface area contributed by atoms with Gasteiger partial charge >= 0.3 is 0 Å². The molecule has 2 aromatic rings. The molecule has 1 aromatic carbocycles. The van der Waals surface area contributed by atoms with E-state index in [4.69, 9.17) is 17.4 Å². The van der Waals surface area contributed by atoms with Crippen molar-refractivity contribution in [3.05, 3.63) is 47.6 Å². The Kier molecular flexibility index (Phi) is 4.12. The molecule has 0 fully saturated rings. The van der Waals surface area contributed by atoms with Crippen molar-refractivity contribution in [2.45, 2.75) is 4.90 Å². The van der Waals surface area contributed by atoms with E-state index in [2.05, 4.69) is 10.4 Å². The van der Waals surface area contributed by atoms with Gasteiger partial charge in [-0.25, -0.2) is 19.2 Å². The molecule has 0 spiro atoms. The Morgan fingerprint density at radius 2 is 1.95 bits per heavy atom. The third-order valence-corrected chi connectivity index (χ3v) is 4.77. The average molecular weight is 313 g/mol. The lowest BCUT2D eigenvalue weighted by molar-refractivity contribution is 0.594. The highest BCUT2D eigenvalue weighted by Crippen LogP contribution is 2.25. The van der Waals surface area contributed by atoms with E-state index >= 15 is 0 Å². The highest BCUT2D eigenvalue weighted by molar-refractivity contribution is 7.92. The molecule has 0 saturated heterocycles. The van der Waals surface area contributed by atoms with Gasteiger partial charge in [0.05, 0.1) is 10.7 Å². The lowest BCUT2D eigenvalue weighted by atomic mass is 10.3. The number of sulfonamides is 1. The smallest absolute Gasteiger partial charge is 0.265 e. The predicted octanol–water partition coefficient (Wildman–Crippen LogP) is 1.85. The number of aromatic nitrogens is 1. The molecule has 0 aliphatic rings. The first-order valence-corrected chi connectivity index (χ1v) is 7.45. The molecule has 3 N–H and O–H groups in total. The largest absolute Gasteiger partial charge is 0.307 e. The van der Waals surface area contributed by atoms with Gasteiger partial charge in [-0.15, -0.1) is 0 Å². The maximum Gasteiger partial charge on any atom is 0.265 e. The molecule has 8 heteroatoms. The standard InChI is InChI=1S/C12H13ClN4O2S/c1-17(9-5-3-2-4-6-9)20(18,19)10-7-11(13)12(16-14)15-8-10/h2-8H,14H2,1H3,(H,15,16). The zero-order valence-corrected chi connectivity index (χ0v) is 12.2. The van der Waals surface area contributed by atoms with Gasteiger partial charge in [-0.1, -0.05) is 29.8 Å². The number of nitrogens with two attached hydrogens (primary N) is 1. The Morgan fingerprint density at radius 3 is 2.50 bits per heavy atom. The van der Waals surface area contributed by atoms with Crippen LogP contribution in [0.4, 0.5) is 11.5 Å². The summed E-state index contributed by atoms with van der Waals surface area (Å²) in [6, 6.07) is 10.0. The van der Waals surface area contributed by atoms with Crippen molar-refractivity contribution in [2.24, 2.45) is 5.84 Å². The number of nitrogen functional groups attached to an aromatic ring is 1. The molecule has 106 valence electrons. The third kappa shape index (κ3) is 2.69. The number of anilines is 2.